The van der Waals surface area contributed by atoms with Crippen molar-refractivity contribution in [3.63, 3.8) is 0 Å². The van der Waals surface area contributed by atoms with E-state index >= 15 is 0 Å². The molecule has 0 radical (unpaired) electrons. The average Bonchev–Trinajstić information content (AvgIpc) is 3.05. The highest BCUT2D eigenvalue weighted by Crippen LogP contribution is 2.64. The number of benzene rings is 3. The summed E-state index contributed by atoms with van der Waals surface area (Å²) in [5.41, 5.74) is 2.40. The highest BCUT2D eigenvalue weighted by Gasteiger charge is 2.66. The van der Waals surface area contributed by atoms with Gasteiger partial charge in [-0.15, -0.1) is 0 Å². The Kier molecular flexibility index (Phi) is 3.67. The second-order valence-corrected chi connectivity index (χ2v) is 8.92. The number of imide groups is 1. The molecule has 1 unspecified atom stereocenters. The number of carbonyl (C=O) groups excluding carboxylic acids is 2. The number of hydrogen-bond acceptors (Lipinski definition) is 2. The van der Waals surface area contributed by atoms with E-state index in [9.17, 15) is 22.8 Å². The first-order valence-electron chi connectivity index (χ1n) is 10.5. The molecular weight excluding hydrogens is 415 g/mol. The van der Waals surface area contributed by atoms with Crippen LogP contribution in [0.15, 0.2) is 72.8 Å². The number of nitrogens with zero attached hydrogens (tertiary/aromatic N) is 1. The topological polar surface area (TPSA) is 37.4 Å². The molecule has 3 aromatic rings. The first kappa shape index (κ1) is 19.3. The molecule has 3 nitrogen and oxygen atoms in total. The third-order valence-electron chi connectivity index (χ3n) is 7.47. The van der Waals surface area contributed by atoms with Crippen LogP contribution in [0.5, 0.6) is 0 Å². The van der Waals surface area contributed by atoms with E-state index in [2.05, 4.69) is 0 Å². The first-order chi connectivity index (χ1) is 15.2. The molecule has 160 valence electrons. The molecule has 2 bridgehead atoms. The smallest absolute Gasteiger partial charge is 0.274 e. The van der Waals surface area contributed by atoms with Gasteiger partial charge in [0.25, 0.3) is 0 Å². The molecule has 6 heteroatoms. The minimum absolute atomic E-state index is 0.0275. The van der Waals surface area contributed by atoms with E-state index in [0.29, 0.717) is 0 Å². The van der Waals surface area contributed by atoms with Gasteiger partial charge >= 0.3 is 6.18 Å². The average molecular weight is 433 g/mol. The maximum atomic E-state index is 13.8. The van der Waals surface area contributed by atoms with Crippen molar-refractivity contribution in [1.82, 2.24) is 0 Å². The number of halogens is 3. The second-order valence-electron chi connectivity index (χ2n) is 8.92. The molecule has 1 fully saturated rings. The number of carbonyl (C=O) groups is 2. The van der Waals surface area contributed by atoms with Crippen molar-refractivity contribution in [2.75, 3.05) is 4.90 Å². The molecule has 0 N–H and O–H groups in total. The van der Waals surface area contributed by atoms with E-state index in [1.807, 2.05) is 55.5 Å². The summed E-state index contributed by atoms with van der Waals surface area (Å²) in [5.74, 6) is -2.48. The molecule has 3 aromatic carbocycles. The van der Waals surface area contributed by atoms with Crippen LogP contribution in [0.1, 0.15) is 40.7 Å². The van der Waals surface area contributed by atoms with Crippen molar-refractivity contribution < 1.29 is 22.8 Å². The molecular formula is C26H18F3NO2. The summed E-state index contributed by atoms with van der Waals surface area (Å²) in [6.45, 7) is 1.98. The van der Waals surface area contributed by atoms with Gasteiger partial charge in [-0.2, -0.15) is 13.2 Å². The molecule has 0 saturated carbocycles. The normalized spacial score (nSPS) is 27.9. The zero-order valence-corrected chi connectivity index (χ0v) is 17.1. The maximum Gasteiger partial charge on any atom is 0.416 e. The molecule has 2 atom stereocenters. The molecule has 32 heavy (non-hydrogen) atoms. The minimum Gasteiger partial charge on any atom is -0.274 e. The summed E-state index contributed by atoms with van der Waals surface area (Å²) in [7, 11) is 0. The predicted octanol–water partition coefficient (Wildman–Crippen LogP) is 5.28. The van der Waals surface area contributed by atoms with E-state index in [0.717, 1.165) is 39.3 Å². The number of hydrogen-bond donors (Lipinski definition) is 0. The quantitative estimate of drug-likeness (QED) is 0.490. The summed E-state index contributed by atoms with van der Waals surface area (Å²) in [5, 5.41) is 0. The Balaban J connectivity index is 1.56. The van der Waals surface area contributed by atoms with Crippen molar-refractivity contribution in [2.24, 2.45) is 11.8 Å². The Morgan fingerprint density at radius 1 is 0.812 bits per heavy atom. The molecule has 1 heterocycles. The van der Waals surface area contributed by atoms with Gasteiger partial charge in [0.05, 0.1) is 23.1 Å². The van der Waals surface area contributed by atoms with Crippen LogP contribution in [0, 0.1) is 11.8 Å². The summed E-state index contributed by atoms with van der Waals surface area (Å²) in [6, 6.07) is 20.1. The zero-order valence-electron chi connectivity index (χ0n) is 17.1. The maximum absolute atomic E-state index is 13.8. The van der Waals surface area contributed by atoms with Crippen molar-refractivity contribution in [3.05, 3.63) is 101 Å². The Labute approximate surface area is 182 Å². The van der Waals surface area contributed by atoms with Crippen LogP contribution in [-0.4, -0.2) is 11.8 Å². The van der Waals surface area contributed by atoms with E-state index < -0.39 is 40.8 Å². The Bertz CT molecular complexity index is 1260. The SMILES string of the molecule is CC12c3ccccc3C(c3ccccc31)C1C(=O)N(c3cccc(C(F)(F)F)c3)C(=O)[C@H]12. The standard InChI is InChI=1S/C26H18F3NO2/c1-25-18-11-4-2-9-16(18)20(17-10-3-5-12-19(17)25)21-22(25)24(32)30(23(21)31)15-8-6-7-14(13-15)26(27,28)29/h2-13,20-22H,1H3/t20?,21?,22-,25?/m0/s1. The van der Waals surface area contributed by atoms with E-state index in [4.69, 9.17) is 0 Å². The van der Waals surface area contributed by atoms with Gasteiger partial charge in [-0.1, -0.05) is 61.5 Å². The van der Waals surface area contributed by atoms with Crippen LogP contribution in [0.2, 0.25) is 0 Å². The fourth-order valence-corrected chi connectivity index (χ4v) is 6.23. The monoisotopic (exact) mass is 433 g/mol. The molecule has 2 amide bonds. The lowest BCUT2D eigenvalue weighted by Gasteiger charge is -2.52. The number of anilines is 1. The summed E-state index contributed by atoms with van der Waals surface area (Å²) < 4.78 is 39.9. The van der Waals surface area contributed by atoms with E-state index in [1.54, 1.807) is 0 Å². The van der Waals surface area contributed by atoms with E-state index in [1.165, 1.54) is 12.1 Å². The molecule has 0 spiro atoms. The number of alkyl halides is 3. The van der Waals surface area contributed by atoms with Crippen LogP contribution >= 0.6 is 0 Å². The predicted molar refractivity (Wildman–Crippen MR) is 112 cm³/mol. The van der Waals surface area contributed by atoms with Gasteiger partial charge in [-0.3, -0.25) is 9.59 Å². The second kappa shape index (κ2) is 6.09. The first-order valence-corrected chi connectivity index (χ1v) is 10.5. The fourth-order valence-electron chi connectivity index (χ4n) is 6.23. The van der Waals surface area contributed by atoms with Crippen molar-refractivity contribution in [1.29, 1.82) is 0 Å². The Morgan fingerprint density at radius 3 is 2.00 bits per heavy atom. The number of amides is 2. The fraction of sp³-hybridized carbons (Fsp3) is 0.231. The third-order valence-corrected chi connectivity index (χ3v) is 7.47. The van der Waals surface area contributed by atoms with Crippen LogP contribution in [0.25, 0.3) is 0 Å². The minimum atomic E-state index is -4.56. The van der Waals surface area contributed by atoms with Gasteiger partial charge in [-0.05, 0) is 40.5 Å². The lowest BCUT2D eigenvalue weighted by Crippen LogP contribution is -2.51. The van der Waals surface area contributed by atoms with Crippen LogP contribution in [-0.2, 0) is 21.2 Å². The molecule has 4 aliphatic rings. The van der Waals surface area contributed by atoms with Gasteiger partial charge in [0.1, 0.15) is 0 Å². The summed E-state index contributed by atoms with van der Waals surface area (Å²) in [6.07, 6.45) is -4.56. The molecule has 3 aliphatic carbocycles. The van der Waals surface area contributed by atoms with Crippen LogP contribution in [0.3, 0.4) is 0 Å². The highest BCUT2D eigenvalue weighted by molar-refractivity contribution is 6.23. The highest BCUT2D eigenvalue weighted by atomic mass is 19.4. The van der Waals surface area contributed by atoms with E-state index in [-0.39, 0.29) is 11.6 Å². The van der Waals surface area contributed by atoms with Gasteiger partial charge in [-0.25, -0.2) is 4.90 Å². The van der Waals surface area contributed by atoms with Crippen molar-refractivity contribution >= 4 is 17.5 Å². The molecule has 0 aromatic heterocycles. The zero-order chi connectivity index (χ0) is 22.4. The Hall–Kier alpha value is -3.41. The lowest BCUT2D eigenvalue weighted by atomic mass is 9.48. The largest absolute Gasteiger partial charge is 0.416 e. The van der Waals surface area contributed by atoms with Crippen molar-refractivity contribution in [2.45, 2.75) is 24.4 Å². The van der Waals surface area contributed by atoms with Gasteiger partial charge in [0.2, 0.25) is 11.8 Å². The molecule has 1 saturated heterocycles. The lowest BCUT2D eigenvalue weighted by molar-refractivity contribution is -0.137. The Morgan fingerprint density at radius 2 is 1.41 bits per heavy atom. The van der Waals surface area contributed by atoms with Gasteiger partial charge in [0, 0.05) is 11.3 Å². The van der Waals surface area contributed by atoms with Crippen LogP contribution < -0.4 is 4.90 Å². The summed E-state index contributed by atoms with van der Waals surface area (Å²) in [4.78, 5) is 28.4. The van der Waals surface area contributed by atoms with Gasteiger partial charge < -0.3 is 0 Å². The summed E-state index contributed by atoms with van der Waals surface area (Å²) >= 11 is 0. The van der Waals surface area contributed by atoms with Crippen molar-refractivity contribution in [3.8, 4) is 0 Å². The van der Waals surface area contributed by atoms with Gasteiger partial charge in [0.15, 0.2) is 0 Å². The number of rotatable bonds is 1. The third kappa shape index (κ3) is 2.22. The molecule has 1 aliphatic heterocycles. The molecule has 7 rings (SSSR count). The van der Waals surface area contributed by atoms with Crippen LogP contribution in [0.4, 0.5) is 18.9 Å².